The maximum atomic E-state index is 10.7. The van der Waals surface area contributed by atoms with Gasteiger partial charge in [0.2, 0.25) is 0 Å². The Morgan fingerprint density at radius 2 is 2.10 bits per heavy atom. The quantitative estimate of drug-likeness (QED) is 0.759. The Morgan fingerprint density at radius 3 is 2.71 bits per heavy atom. The van der Waals surface area contributed by atoms with Gasteiger partial charge in [-0.1, -0.05) is 49.0 Å². The molecule has 0 saturated carbocycles. The average molecular weight is 306 g/mol. The molecule has 1 atom stereocenters. The minimum atomic E-state index is -0.879. The summed E-state index contributed by atoms with van der Waals surface area (Å²) in [5, 5.41) is 17.6. The number of hydrogen-bond acceptors (Lipinski definition) is 5. The van der Waals surface area contributed by atoms with Gasteiger partial charge in [-0.25, -0.2) is 0 Å². The van der Waals surface area contributed by atoms with Gasteiger partial charge in [0.15, 0.2) is 11.0 Å². The third kappa shape index (κ3) is 4.05. The summed E-state index contributed by atoms with van der Waals surface area (Å²) in [6.07, 6.45) is 0.747. The third-order valence-corrected chi connectivity index (χ3v) is 3.98. The fourth-order valence-electron chi connectivity index (χ4n) is 1.90. The molecule has 0 saturated heterocycles. The van der Waals surface area contributed by atoms with Crippen molar-refractivity contribution in [2.75, 3.05) is 5.75 Å². The summed E-state index contributed by atoms with van der Waals surface area (Å²) in [7, 11) is 0. The molecule has 0 radical (unpaired) electrons. The van der Waals surface area contributed by atoms with Crippen molar-refractivity contribution in [2.24, 2.45) is 5.73 Å². The number of nitrogens with two attached hydrogens (primary N) is 1. The van der Waals surface area contributed by atoms with Crippen LogP contribution in [0.15, 0.2) is 35.5 Å². The number of carbonyl (C=O) groups is 1. The lowest BCUT2D eigenvalue weighted by molar-refractivity contribution is -0.133. The number of aliphatic carboxylic acids is 1. The Balaban J connectivity index is 2.29. The smallest absolute Gasteiger partial charge is 0.313 e. The van der Waals surface area contributed by atoms with Gasteiger partial charge in [0.25, 0.3) is 0 Å². The van der Waals surface area contributed by atoms with Crippen molar-refractivity contribution < 1.29 is 9.90 Å². The molecule has 6 nitrogen and oxygen atoms in total. The summed E-state index contributed by atoms with van der Waals surface area (Å²) < 4.78 is 1.90. The summed E-state index contributed by atoms with van der Waals surface area (Å²) in [5.74, 6) is -0.237. The van der Waals surface area contributed by atoms with E-state index in [1.54, 1.807) is 0 Å². The zero-order valence-electron chi connectivity index (χ0n) is 11.8. The molecule has 3 N–H and O–H groups in total. The van der Waals surface area contributed by atoms with Gasteiger partial charge in [-0.15, -0.1) is 10.2 Å². The molecule has 112 valence electrons. The molecule has 1 aromatic carbocycles. The van der Waals surface area contributed by atoms with Crippen LogP contribution in [0.3, 0.4) is 0 Å². The molecule has 0 amide bonds. The molecule has 2 rings (SSSR count). The first kappa shape index (κ1) is 15.5. The fourth-order valence-corrected chi connectivity index (χ4v) is 2.57. The maximum absolute atomic E-state index is 10.7. The second kappa shape index (κ2) is 7.24. The van der Waals surface area contributed by atoms with Crippen LogP contribution in [0.4, 0.5) is 0 Å². The van der Waals surface area contributed by atoms with E-state index in [1.807, 2.05) is 41.8 Å². The van der Waals surface area contributed by atoms with E-state index < -0.39 is 5.97 Å². The van der Waals surface area contributed by atoms with Crippen LogP contribution in [0.25, 0.3) is 0 Å². The van der Waals surface area contributed by atoms with Crippen molar-refractivity contribution in [2.45, 2.75) is 31.1 Å². The lowest BCUT2D eigenvalue weighted by atomic mass is 10.2. The van der Waals surface area contributed by atoms with Crippen molar-refractivity contribution in [1.29, 1.82) is 0 Å². The Labute approximate surface area is 127 Å². The van der Waals surface area contributed by atoms with Crippen molar-refractivity contribution in [1.82, 2.24) is 14.8 Å². The Hall–Kier alpha value is -1.86. The number of thioether (sulfide) groups is 1. The van der Waals surface area contributed by atoms with Gasteiger partial charge in [0.1, 0.15) is 0 Å². The first-order valence-electron chi connectivity index (χ1n) is 6.69. The highest BCUT2D eigenvalue weighted by atomic mass is 32.2. The van der Waals surface area contributed by atoms with Crippen molar-refractivity contribution in [3.05, 3.63) is 41.7 Å². The highest BCUT2D eigenvalue weighted by Crippen LogP contribution is 2.22. The van der Waals surface area contributed by atoms with E-state index in [1.165, 1.54) is 0 Å². The second-order valence-corrected chi connectivity index (χ2v) is 5.55. The maximum Gasteiger partial charge on any atom is 0.313 e. The highest BCUT2D eigenvalue weighted by molar-refractivity contribution is 7.99. The topological polar surface area (TPSA) is 94.0 Å². The number of carboxylic acids is 1. The predicted octanol–water partition coefficient (Wildman–Crippen LogP) is 1.91. The van der Waals surface area contributed by atoms with Gasteiger partial charge in [-0.3, -0.25) is 4.79 Å². The van der Waals surface area contributed by atoms with Crippen LogP contribution in [0, 0.1) is 0 Å². The summed E-state index contributed by atoms with van der Waals surface area (Å²) in [5.41, 5.74) is 7.17. The standard InChI is InChI=1S/C14H18N4O2S/c1-2-11(15)13-16-17-14(21-9-12(19)20)18(13)8-10-6-4-3-5-7-10/h3-7,11H,2,8-9,15H2,1H3,(H,19,20). The largest absolute Gasteiger partial charge is 0.481 e. The predicted molar refractivity (Wildman–Crippen MR) is 81.1 cm³/mol. The van der Waals surface area contributed by atoms with E-state index in [2.05, 4.69) is 10.2 Å². The van der Waals surface area contributed by atoms with Crippen LogP contribution in [-0.4, -0.2) is 31.6 Å². The first-order chi connectivity index (χ1) is 10.1. The van der Waals surface area contributed by atoms with Crippen molar-refractivity contribution >= 4 is 17.7 Å². The number of hydrogen-bond donors (Lipinski definition) is 2. The molecule has 7 heteroatoms. The van der Waals surface area contributed by atoms with Crippen LogP contribution < -0.4 is 5.73 Å². The van der Waals surface area contributed by atoms with Crippen LogP contribution in [0.5, 0.6) is 0 Å². The molecule has 0 bridgehead atoms. The van der Waals surface area contributed by atoms with E-state index in [-0.39, 0.29) is 11.8 Å². The van der Waals surface area contributed by atoms with Gasteiger partial charge in [0, 0.05) is 0 Å². The number of aromatic nitrogens is 3. The van der Waals surface area contributed by atoms with Gasteiger partial charge in [-0.05, 0) is 12.0 Å². The summed E-state index contributed by atoms with van der Waals surface area (Å²) in [6, 6.07) is 9.68. The zero-order chi connectivity index (χ0) is 15.2. The number of rotatable bonds is 7. The Bertz CT molecular complexity index is 600. The SMILES string of the molecule is CCC(N)c1nnc(SCC(=O)O)n1Cc1ccccc1. The van der Waals surface area contributed by atoms with Gasteiger partial charge < -0.3 is 15.4 Å². The zero-order valence-corrected chi connectivity index (χ0v) is 12.6. The van der Waals surface area contributed by atoms with E-state index in [0.29, 0.717) is 17.5 Å². The minimum absolute atomic E-state index is 0.0473. The molecular formula is C14H18N4O2S. The molecule has 0 spiro atoms. The average Bonchev–Trinajstić information content (AvgIpc) is 2.88. The fraction of sp³-hybridized carbons (Fsp3) is 0.357. The first-order valence-corrected chi connectivity index (χ1v) is 7.67. The van der Waals surface area contributed by atoms with E-state index in [4.69, 9.17) is 10.8 Å². The normalized spacial score (nSPS) is 12.3. The Kier molecular flexibility index (Phi) is 5.35. The lowest BCUT2D eigenvalue weighted by Gasteiger charge is -2.13. The molecule has 21 heavy (non-hydrogen) atoms. The monoisotopic (exact) mass is 306 g/mol. The van der Waals surface area contributed by atoms with Gasteiger partial charge >= 0.3 is 5.97 Å². The third-order valence-electron chi connectivity index (χ3n) is 3.03. The summed E-state index contributed by atoms with van der Waals surface area (Å²) in [6.45, 7) is 2.56. The molecule has 0 fully saturated rings. The molecule has 1 heterocycles. The molecular weight excluding hydrogens is 288 g/mol. The number of nitrogens with zero attached hydrogens (tertiary/aromatic N) is 3. The van der Waals surface area contributed by atoms with Crippen LogP contribution in [-0.2, 0) is 11.3 Å². The van der Waals surface area contributed by atoms with Gasteiger partial charge in [0.05, 0.1) is 18.3 Å². The molecule has 1 aromatic heterocycles. The Morgan fingerprint density at radius 1 is 1.38 bits per heavy atom. The van der Waals surface area contributed by atoms with E-state index >= 15 is 0 Å². The van der Waals surface area contributed by atoms with Crippen molar-refractivity contribution in [3.63, 3.8) is 0 Å². The highest BCUT2D eigenvalue weighted by Gasteiger charge is 2.18. The van der Waals surface area contributed by atoms with Crippen molar-refractivity contribution in [3.8, 4) is 0 Å². The van der Waals surface area contributed by atoms with Crippen LogP contribution >= 0.6 is 11.8 Å². The van der Waals surface area contributed by atoms with Crippen LogP contribution in [0.2, 0.25) is 0 Å². The number of carboxylic acid groups (broad SMARTS) is 1. The minimum Gasteiger partial charge on any atom is -0.481 e. The summed E-state index contributed by atoms with van der Waals surface area (Å²) >= 11 is 1.16. The lowest BCUT2D eigenvalue weighted by Crippen LogP contribution is -2.17. The van der Waals surface area contributed by atoms with Gasteiger partial charge in [-0.2, -0.15) is 0 Å². The van der Waals surface area contributed by atoms with Crippen LogP contribution in [0.1, 0.15) is 30.8 Å². The molecule has 0 aliphatic carbocycles. The summed E-state index contributed by atoms with van der Waals surface area (Å²) in [4.78, 5) is 10.7. The van der Waals surface area contributed by atoms with E-state index in [9.17, 15) is 4.79 Å². The molecule has 0 aliphatic rings. The molecule has 0 aliphatic heterocycles. The number of benzene rings is 1. The molecule has 2 aromatic rings. The van der Waals surface area contributed by atoms with E-state index in [0.717, 1.165) is 23.7 Å². The molecule has 1 unspecified atom stereocenters. The second-order valence-electron chi connectivity index (χ2n) is 4.61.